The van der Waals surface area contributed by atoms with Crippen LogP contribution in [0.1, 0.15) is 60.4 Å². The van der Waals surface area contributed by atoms with Crippen molar-refractivity contribution in [1.29, 1.82) is 5.26 Å². The number of hydrogen-bond donors (Lipinski definition) is 1. The maximum atomic E-state index is 12.6. The van der Waals surface area contributed by atoms with E-state index in [1.807, 2.05) is 18.2 Å². The zero-order valence-corrected chi connectivity index (χ0v) is 18.8. The normalized spacial score (nSPS) is 12.6. The summed E-state index contributed by atoms with van der Waals surface area (Å²) in [6.45, 7) is 7.72. The van der Waals surface area contributed by atoms with Gasteiger partial charge in [-0.05, 0) is 42.2 Å². The number of carbonyl (C=O) groups excluding carboxylic acids is 2. The number of nitrogens with zero attached hydrogens (tertiary/aromatic N) is 1. The van der Waals surface area contributed by atoms with Gasteiger partial charge in [0.05, 0.1) is 16.5 Å². The lowest BCUT2D eigenvalue weighted by molar-refractivity contribution is 0.0318. The maximum Gasteiger partial charge on any atom is 0.338 e. The molecule has 0 saturated heterocycles. The van der Waals surface area contributed by atoms with E-state index in [4.69, 9.17) is 10.00 Å². The minimum Gasteiger partial charge on any atom is -0.451 e. The van der Waals surface area contributed by atoms with E-state index in [1.165, 1.54) is 31.2 Å². The molecule has 0 aliphatic rings. The molecular weight excluding hydrogens is 416 g/mol. The molecule has 0 saturated carbocycles. The monoisotopic (exact) mass is 442 g/mol. The predicted molar refractivity (Wildman–Crippen MR) is 116 cm³/mol. The van der Waals surface area contributed by atoms with Gasteiger partial charge in [0.1, 0.15) is 0 Å². The molecule has 0 radical (unpaired) electrons. The molecule has 1 N–H and O–H groups in total. The molecule has 164 valence electrons. The third-order valence-corrected chi connectivity index (χ3v) is 6.09. The van der Waals surface area contributed by atoms with E-state index in [2.05, 4.69) is 25.5 Å². The van der Waals surface area contributed by atoms with Crippen LogP contribution in [0.15, 0.2) is 53.4 Å². The standard InChI is InChI=1S/C23H26N2O5S/c1-16(21(26)17-6-10-19(11-7-17)23(2,3)4)30-22(27)18-8-12-20(13-9-18)31(28,29)25-15-5-14-24/h6-13,16,25H,5,15H2,1-4H3. The molecule has 7 nitrogen and oxygen atoms in total. The number of nitrogens with one attached hydrogen (secondary N) is 1. The Hall–Kier alpha value is -3.02. The average molecular weight is 443 g/mol. The lowest BCUT2D eigenvalue weighted by Crippen LogP contribution is -2.25. The number of rotatable bonds is 8. The van der Waals surface area contributed by atoms with Crippen LogP contribution < -0.4 is 4.72 Å². The summed E-state index contributed by atoms with van der Waals surface area (Å²) in [4.78, 5) is 24.9. The number of hydrogen-bond acceptors (Lipinski definition) is 6. The highest BCUT2D eigenvalue weighted by Crippen LogP contribution is 2.23. The Kier molecular flexibility index (Phi) is 7.71. The zero-order chi connectivity index (χ0) is 23.2. The van der Waals surface area contributed by atoms with Crippen LogP contribution in [0, 0.1) is 11.3 Å². The molecule has 2 aromatic rings. The molecule has 2 aromatic carbocycles. The number of ketones is 1. The van der Waals surface area contributed by atoms with E-state index < -0.39 is 22.1 Å². The van der Waals surface area contributed by atoms with Gasteiger partial charge in [0.25, 0.3) is 0 Å². The highest BCUT2D eigenvalue weighted by atomic mass is 32.2. The third kappa shape index (κ3) is 6.48. The minimum atomic E-state index is -3.77. The first-order chi connectivity index (χ1) is 14.5. The van der Waals surface area contributed by atoms with E-state index in [1.54, 1.807) is 12.1 Å². The third-order valence-electron chi connectivity index (χ3n) is 4.62. The number of ether oxygens (including phenoxy) is 1. The number of nitriles is 1. The van der Waals surface area contributed by atoms with Crippen molar-refractivity contribution < 1.29 is 22.7 Å². The van der Waals surface area contributed by atoms with Crippen molar-refractivity contribution in [2.45, 2.75) is 50.5 Å². The second-order valence-electron chi connectivity index (χ2n) is 8.07. The van der Waals surface area contributed by atoms with E-state index in [0.29, 0.717) is 5.56 Å². The van der Waals surface area contributed by atoms with Gasteiger partial charge >= 0.3 is 5.97 Å². The Bertz CT molecular complexity index is 1080. The largest absolute Gasteiger partial charge is 0.451 e. The molecule has 0 spiro atoms. The first-order valence-corrected chi connectivity index (χ1v) is 11.3. The summed E-state index contributed by atoms with van der Waals surface area (Å²) in [7, 11) is -3.77. The molecule has 0 amide bonds. The van der Waals surface area contributed by atoms with Crippen molar-refractivity contribution in [1.82, 2.24) is 4.72 Å². The summed E-state index contributed by atoms with van der Waals surface area (Å²) in [5.74, 6) is -1.05. The van der Waals surface area contributed by atoms with Crippen LogP contribution in [0.25, 0.3) is 0 Å². The van der Waals surface area contributed by atoms with Gasteiger partial charge in [0, 0.05) is 18.5 Å². The zero-order valence-electron chi connectivity index (χ0n) is 18.0. The second-order valence-corrected chi connectivity index (χ2v) is 9.84. The summed E-state index contributed by atoms with van der Waals surface area (Å²) in [5.41, 5.74) is 1.62. The molecule has 8 heteroatoms. The van der Waals surface area contributed by atoms with Gasteiger partial charge in [-0.25, -0.2) is 17.9 Å². The summed E-state index contributed by atoms with van der Waals surface area (Å²) >= 11 is 0. The Morgan fingerprint density at radius 3 is 2.10 bits per heavy atom. The van der Waals surface area contributed by atoms with Gasteiger partial charge < -0.3 is 4.74 Å². The van der Waals surface area contributed by atoms with Crippen LogP contribution in [0.5, 0.6) is 0 Å². The molecule has 1 atom stereocenters. The van der Waals surface area contributed by atoms with Crippen LogP contribution in [-0.2, 0) is 20.2 Å². The predicted octanol–water partition coefficient (Wildman–Crippen LogP) is 3.60. The number of Topliss-reactive ketones (excluding diaryl/α,β-unsaturated/α-hetero) is 1. The van der Waals surface area contributed by atoms with Crippen LogP contribution in [-0.4, -0.2) is 32.8 Å². The van der Waals surface area contributed by atoms with Crippen molar-refractivity contribution in [3.63, 3.8) is 0 Å². The Balaban J connectivity index is 2.04. The van der Waals surface area contributed by atoms with Crippen molar-refractivity contribution in [3.05, 3.63) is 65.2 Å². The number of esters is 1. The Morgan fingerprint density at radius 2 is 1.58 bits per heavy atom. The molecule has 31 heavy (non-hydrogen) atoms. The molecule has 0 heterocycles. The Labute approximate surface area is 183 Å². The molecule has 0 fully saturated rings. The first-order valence-electron chi connectivity index (χ1n) is 9.78. The van der Waals surface area contributed by atoms with Crippen LogP contribution in [0.2, 0.25) is 0 Å². The quantitative estimate of drug-likeness (QED) is 0.380. The summed E-state index contributed by atoms with van der Waals surface area (Å²) in [5, 5.41) is 8.50. The lowest BCUT2D eigenvalue weighted by Gasteiger charge is -2.19. The van der Waals surface area contributed by atoms with E-state index in [-0.39, 0.29) is 34.6 Å². The molecule has 0 aliphatic carbocycles. The molecule has 0 bridgehead atoms. The maximum absolute atomic E-state index is 12.6. The van der Waals surface area contributed by atoms with E-state index in [0.717, 1.165) is 5.56 Å². The van der Waals surface area contributed by atoms with Crippen molar-refractivity contribution in [2.75, 3.05) is 6.54 Å². The molecule has 1 unspecified atom stereocenters. The van der Waals surface area contributed by atoms with Crippen molar-refractivity contribution in [3.8, 4) is 6.07 Å². The smallest absolute Gasteiger partial charge is 0.338 e. The van der Waals surface area contributed by atoms with Gasteiger partial charge in [-0.1, -0.05) is 45.0 Å². The molecule has 0 aliphatic heterocycles. The van der Waals surface area contributed by atoms with Crippen molar-refractivity contribution in [2.24, 2.45) is 0 Å². The minimum absolute atomic E-state index is 0.00101. The first kappa shape index (κ1) is 24.3. The number of sulfonamides is 1. The fourth-order valence-electron chi connectivity index (χ4n) is 2.75. The number of carbonyl (C=O) groups is 2. The van der Waals surface area contributed by atoms with Gasteiger partial charge in [-0.3, -0.25) is 4.79 Å². The summed E-state index contributed by atoms with van der Waals surface area (Å²) < 4.78 is 31.8. The fraction of sp³-hybridized carbons (Fsp3) is 0.348. The summed E-state index contributed by atoms with van der Waals surface area (Å²) in [6.07, 6.45) is -0.946. The topological polar surface area (TPSA) is 113 Å². The lowest BCUT2D eigenvalue weighted by atomic mass is 9.86. The second kappa shape index (κ2) is 9.86. The molecule has 0 aromatic heterocycles. The Morgan fingerprint density at radius 1 is 1.03 bits per heavy atom. The van der Waals surface area contributed by atoms with Gasteiger partial charge in [-0.2, -0.15) is 5.26 Å². The highest BCUT2D eigenvalue weighted by molar-refractivity contribution is 7.89. The van der Waals surface area contributed by atoms with E-state index in [9.17, 15) is 18.0 Å². The van der Waals surface area contributed by atoms with Gasteiger partial charge in [-0.15, -0.1) is 0 Å². The van der Waals surface area contributed by atoms with E-state index >= 15 is 0 Å². The highest BCUT2D eigenvalue weighted by Gasteiger charge is 2.22. The van der Waals surface area contributed by atoms with Crippen molar-refractivity contribution >= 4 is 21.8 Å². The SMILES string of the molecule is CC(OC(=O)c1ccc(S(=O)(=O)NCCC#N)cc1)C(=O)c1ccc(C(C)(C)C)cc1. The van der Waals surface area contributed by atoms with Gasteiger partial charge in [0.2, 0.25) is 15.8 Å². The van der Waals surface area contributed by atoms with Crippen LogP contribution in [0.4, 0.5) is 0 Å². The van der Waals surface area contributed by atoms with Crippen LogP contribution in [0.3, 0.4) is 0 Å². The fourth-order valence-corrected chi connectivity index (χ4v) is 3.78. The van der Waals surface area contributed by atoms with Gasteiger partial charge in [0.15, 0.2) is 6.10 Å². The number of benzene rings is 2. The summed E-state index contributed by atoms with van der Waals surface area (Å²) in [6, 6.07) is 14.2. The molecule has 2 rings (SSSR count). The average Bonchev–Trinajstić information content (AvgIpc) is 2.72. The molecular formula is C23H26N2O5S. The van der Waals surface area contributed by atoms with Crippen LogP contribution >= 0.6 is 0 Å².